The molecule has 1 saturated heterocycles. The molecule has 2 heterocycles. The fourth-order valence-corrected chi connectivity index (χ4v) is 3.36. The Morgan fingerprint density at radius 3 is 2.19 bits per heavy atom. The number of nitrogens with zero attached hydrogens (tertiary/aromatic N) is 3. The molecular weight excluding hydrogens is 358 g/mol. The van der Waals surface area contributed by atoms with Gasteiger partial charge in [-0.3, -0.25) is 0 Å². The van der Waals surface area contributed by atoms with Gasteiger partial charge in [0.05, 0.1) is 0 Å². The number of aryl methyl sites for hydroxylation is 1. The second kappa shape index (κ2) is 7.84. The van der Waals surface area contributed by atoms with Gasteiger partial charge in [-0.25, -0.2) is 4.98 Å². The first-order chi connectivity index (χ1) is 13.2. The van der Waals surface area contributed by atoms with Crippen molar-refractivity contribution in [1.29, 1.82) is 0 Å². The van der Waals surface area contributed by atoms with Crippen LogP contribution in [0.25, 0.3) is 0 Å². The van der Waals surface area contributed by atoms with E-state index < -0.39 is 0 Å². The molecule has 1 aromatic heterocycles. The first-order valence-electron chi connectivity index (χ1n) is 9.16. The van der Waals surface area contributed by atoms with Gasteiger partial charge < -0.3 is 15.5 Å². The van der Waals surface area contributed by atoms with Crippen LogP contribution < -0.4 is 15.5 Å². The van der Waals surface area contributed by atoms with E-state index in [-0.39, 0.29) is 0 Å². The van der Waals surface area contributed by atoms with Crippen LogP contribution in [0.15, 0.2) is 54.6 Å². The van der Waals surface area contributed by atoms with Gasteiger partial charge in [0, 0.05) is 46.9 Å². The monoisotopic (exact) mass is 379 g/mol. The van der Waals surface area contributed by atoms with E-state index in [0.717, 1.165) is 36.0 Å². The van der Waals surface area contributed by atoms with Gasteiger partial charge in [0.25, 0.3) is 0 Å². The quantitative estimate of drug-likeness (QED) is 0.610. The van der Waals surface area contributed by atoms with Crippen molar-refractivity contribution in [2.75, 3.05) is 28.6 Å². The van der Waals surface area contributed by atoms with Crippen LogP contribution in [0, 0.1) is 6.92 Å². The van der Waals surface area contributed by atoms with Crippen molar-refractivity contribution in [2.24, 2.45) is 0 Å². The summed E-state index contributed by atoms with van der Waals surface area (Å²) in [5.41, 5.74) is 4.07. The highest BCUT2D eigenvalue weighted by Crippen LogP contribution is 2.24. The predicted molar refractivity (Wildman–Crippen MR) is 113 cm³/mol. The molecule has 5 nitrogen and oxygen atoms in total. The summed E-state index contributed by atoms with van der Waals surface area (Å²) >= 11 is 5.94. The highest BCUT2D eigenvalue weighted by atomic mass is 35.5. The zero-order valence-electron chi connectivity index (χ0n) is 15.2. The average molecular weight is 380 g/mol. The SMILES string of the molecule is Cc1cc(Nc2ccc(N3CCCC3)cc2)nc(Nc2ccc(Cl)cc2)n1. The Hall–Kier alpha value is -2.79. The van der Waals surface area contributed by atoms with Crippen molar-refractivity contribution in [1.82, 2.24) is 9.97 Å². The molecule has 0 bridgehead atoms. The fraction of sp³-hybridized carbons (Fsp3) is 0.238. The molecule has 1 aliphatic rings. The summed E-state index contributed by atoms with van der Waals surface area (Å²) in [6.07, 6.45) is 2.56. The number of anilines is 5. The van der Waals surface area contributed by atoms with E-state index in [1.807, 2.05) is 37.3 Å². The molecule has 6 heteroatoms. The van der Waals surface area contributed by atoms with Crippen molar-refractivity contribution < 1.29 is 0 Å². The zero-order chi connectivity index (χ0) is 18.6. The van der Waals surface area contributed by atoms with Crippen molar-refractivity contribution in [3.8, 4) is 0 Å². The van der Waals surface area contributed by atoms with Crippen molar-refractivity contribution >= 4 is 40.4 Å². The largest absolute Gasteiger partial charge is 0.372 e. The van der Waals surface area contributed by atoms with Crippen LogP contribution in [0.5, 0.6) is 0 Å². The van der Waals surface area contributed by atoms with Crippen LogP contribution in [-0.4, -0.2) is 23.1 Å². The Morgan fingerprint density at radius 1 is 0.852 bits per heavy atom. The summed E-state index contributed by atoms with van der Waals surface area (Å²) < 4.78 is 0. The molecule has 2 N–H and O–H groups in total. The number of hydrogen-bond donors (Lipinski definition) is 2. The number of halogens is 1. The lowest BCUT2D eigenvalue weighted by Gasteiger charge is -2.18. The summed E-state index contributed by atoms with van der Waals surface area (Å²) in [5.74, 6) is 1.31. The maximum atomic E-state index is 5.94. The van der Waals surface area contributed by atoms with Gasteiger partial charge in [0.2, 0.25) is 5.95 Å². The topological polar surface area (TPSA) is 53.1 Å². The molecule has 0 aliphatic carbocycles. The molecule has 0 radical (unpaired) electrons. The Bertz CT molecular complexity index is 903. The lowest BCUT2D eigenvalue weighted by molar-refractivity contribution is 0.949. The molecule has 1 fully saturated rings. The van der Waals surface area contributed by atoms with Crippen molar-refractivity contribution in [3.63, 3.8) is 0 Å². The van der Waals surface area contributed by atoms with E-state index >= 15 is 0 Å². The van der Waals surface area contributed by atoms with Crippen LogP contribution in [0.4, 0.5) is 28.8 Å². The lowest BCUT2D eigenvalue weighted by atomic mass is 10.2. The zero-order valence-corrected chi connectivity index (χ0v) is 16.0. The molecule has 1 aliphatic heterocycles. The summed E-state index contributed by atoms with van der Waals surface area (Å²) in [4.78, 5) is 11.5. The van der Waals surface area contributed by atoms with Crippen LogP contribution in [-0.2, 0) is 0 Å². The number of hydrogen-bond acceptors (Lipinski definition) is 5. The predicted octanol–water partition coefficient (Wildman–Crippen LogP) is 5.53. The second-order valence-corrected chi connectivity index (χ2v) is 7.15. The molecule has 2 aromatic carbocycles. The van der Waals surface area contributed by atoms with E-state index in [1.54, 1.807) is 0 Å². The summed E-state index contributed by atoms with van der Waals surface area (Å²) in [7, 11) is 0. The molecule has 138 valence electrons. The molecule has 0 amide bonds. The molecule has 0 spiro atoms. The first-order valence-corrected chi connectivity index (χ1v) is 9.54. The third-order valence-corrected chi connectivity index (χ3v) is 4.82. The van der Waals surface area contributed by atoms with Crippen LogP contribution >= 0.6 is 11.6 Å². The molecule has 0 saturated carbocycles. The van der Waals surface area contributed by atoms with Gasteiger partial charge >= 0.3 is 0 Å². The Labute approximate surface area is 164 Å². The average Bonchev–Trinajstić information content (AvgIpc) is 3.19. The fourth-order valence-electron chi connectivity index (χ4n) is 3.23. The number of rotatable bonds is 5. The van der Waals surface area contributed by atoms with Gasteiger partial charge in [-0.1, -0.05) is 11.6 Å². The standard InChI is InChI=1S/C21H22ClN5/c1-15-14-20(26-21(23-15)25-18-6-4-16(22)5-7-18)24-17-8-10-19(11-9-17)27-12-2-3-13-27/h4-11,14H,2-3,12-13H2,1H3,(H2,23,24,25,26). The minimum absolute atomic E-state index is 0.550. The van der Waals surface area contributed by atoms with Gasteiger partial charge in [-0.2, -0.15) is 4.98 Å². The van der Waals surface area contributed by atoms with Crippen molar-refractivity contribution in [2.45, 2.75) is 19.8 Å². The minimum Gasteiger partial charge on any atom is -0.372 e. The van der Waals surface area contributed by atoms with E-state index in [4.69, 9.17) is 11.6 Å². The van der Waals surface area contributed by atoms with Crippen LogP contribution in [0.3, 0.4) is 0 Å². The summed E-state index contributed by atoms with van der Waals surface area (Å²) in [6.45, 7) is 4.26. The first kappa shape index (κ1) is 17.6. The van der Waals surface area contributed by atoms with Crippen LogP contribution in [0.2, 0.25) is 5.02 Å². The van der Waals surface area contributed by atoms with Crippen molar-refractivity contribution in [3.05, 3.63) is 65.3 Å². The third kappa shape index (κ3) is 4.49. The Morgan fingerprint density at radius 2 is 1.48 bits per heavy atom. The molecule has 0 unspecified atom stereocenters. The van der Waals surface area contributed by atoms with Gasteiger partial charge in [-0.15, -0.1) is 0 Å². The third-order valence-electron chi connectivity index (χ3n) is 4.57. The summed E-state index contributed by atoms with van der Waals surface area (Å²) in [6, 6.07) is 17.9. The van der Waals surface area contributed by atoms with Gasteiger partial charge in [0.15, 0.2) is 0 Å². The lowest BCUT2D eigenvalue weighted by Crippen LogP contribution is -2.17. The number of nitrogens with one attached hydrogen (secondary N) is 2. The molecule has 0 atom stereocenters. The number of benzene rings is 2. The van der Waals surface area contributed by atoms with E-state index in [0.29, 0.717) is 11.0 Å². The normalized spacial score (nSPS) is 13.6. The summed E-state index contributed by atoms with van der Waals surface area (Å²) in [5, 5.41) is 7.28. The smallest absolute Gasteiger partial charge is 0.229 e. The Balaban J connectivity index is 1.48. The maximum Gasteiger partial charge on any atom is 0.229 e. The number of aromatic nitrogens is 2. The van der Waals surface area contributed by atoms with Gasteiger partial charge in [0.1, 0.15) is 5.82 Å². The highest BCUT2D eigenvalue weighted by molar-refractivity contribution is 6.30. The Kier molecular flexibility index (Phi) is 5.12. The van der Waals surface area contributed by atoms with E-state index in [2.05, 4.69) is 49.8 Å². The highest BCUT2D eigenvalue weighted by Gasteiger charge is 2.12. The van der Waals surface area contributed by atoms with E-state index in [9.17, 15) is 0 Å². The molecule has 27 heavy (non-hydrogen) atoms. The van der Waals surface area contributed by atoms with E-state index in [1.165, 1.54) is 18.5 Å². The second-order valence-electron chi connectivity index (χ2n) is 6.72. The van der Waals surface area contributed by atoms with Gasteiger partial charge in [-0.05, 0) is 68.3 Å². The molecule has 4 rings (SSSR count). The maximum absolute atomic E-state index is 5.94. The minimum atomic E-state index is 0.550. The van der Waals surface area contributed by atoms with Crippen LogP contribution in [0.1, 0.15) is 18.5 Å². The molecule has 3 aromatic rings. The molecular formula is C21H22ClN5.